The predicted molar refractivity (Wildman–Crippen MR) is 151 cm³/mol. The second kappa shape index (κ2) is 13.7. The number of fused-ring (bicyclic) bond motifs is 1. The van der Waals surface area contributed by atoms with Crippen LogP contribution in [0, 0.1) is 11.8 Å². The number of nitrogens with two attached hydrogens (primary N) is 2. The Bertz CT molecular complexity index is 1440. The minimum atomic E-state index is -5.68. The van der Waals surface area contributed by atoms with Gasteiger partial charge in [-0.05, 0) is 0 Å². The van der Waals surface area contributed by atoms with Gasteiger partial charge in [-0.25, -0.2) is 23.7 Å². The van der Waals surface area contributed by atoms with Crippen molar-refractivity contribution in [2.45, 2.75) is 50.4 Å². The average molecular weight is 678 g/mol. The van der Waals surface area contributed by atoms with E-state index in [1.807, 2.05) is 20.8 Å². The van der Waals surface area contributed by atoms with Crippen LogP contribution in [0.4, 0.5) is 5.82 Å². The average Bonchev–Trinajstić information content (AvgIpc) is 3.38. The Morgan fingerprint density at radius 3 is 2.51 bits per heavy atom. The molecule has 0 aliphatic carbocycles. The fraction of sp³-hybridized carbons (Fsp3) is 0.579. The summed E-state index contributed by atoms with van der Waals surface area (Å²) in [6.07, 6.45) is 0.651. The van der Waals surface area contributed by atoms with Gasteiger partial charge >= 0.3 is 23.5 Å². The van der Waals surface area contributed by atoms with Gasteiger partial charge in [0.15, 0.2) is 0 Å². The lowest BCUT2D eigenvalue weighted by Gasteiger charge is -2.22. The monoisotopic (exact) mass is 677 g/mol. The van der Waals surface area contributed by atoms with Crippen molar-refractivity contribution in [2.75, 3.05) is 24.8 Å². The van der Waals surface area contributed by atoms with Crippen LogP contribution < -0.4 is 11.5 Å². The topological polar surface area (TPSA) is 261 Å². The molecule has 0 aromatic carbocycles. The number of anilines is 1. The van der Waals surface area contributed by atoms with Crippen LogP contribution in [0.3, 0.4) is 0 Å². The molecule has 17 nitrogen and oxygen atoms in total. The summed E-state index contributed by atoms with van der Waals surface area (Å²) in [5.74, 6) is 6.06. The summed E-state index contributed by atoms with van der Waals surface area (Å²) in [7, 11) is -13.6. The van der Waals surface area contributed by atoms with E-state index in [0.29, 0.717) is 16.6 Å². The van der Waals surface area contributed by atoms with Gasteiger partial charge < -0.3 is 45.1 Å². The molecular weight excluding hydrogens is 647 g/mol. The van der Waals surface area contributed by atoms with Crippen molar-refractivity contribution in [3.05, 3.63) is 18.1 Å². The van der Waals surface area contributed by atoms with Crippen molar-refractivity contribution in [1.29, 1.82) is 0 Å². The highest BCUT2D eigenvalue weighted by Gasteiger charge is 2.43. The first-order valence-electron chi connectivity index (χ1n) is 11.6. The molecule has 2 unspecified atom stereocenters. The molecular formula is C19H30N5O12P3S2. The van der Waals surface area contributed by atoms with Crippen molar-refractivity contribution >= 4 is 61.9 Å². The van der Waals surface area contributed by atoms with E-state index in [2.05, 4.69) is 30.4 Å². The molecule has 0 saturated carbocycles. The van der Waals surface area contributed by atoms with E-state index in [1.54, 1.807) is 21.6 Å². The molecule has 230 valence electrons. The van der Waals surface area contributed by atoms with Crippen LogP contribution in [0.15, 0.2) is 12.5 Å². The largest absolute Gasteiger partial charge is 0.490 e. The molecule has 3 heterocycles. The van der Waals surface area contributed by atoms with Crippen LogP contribution in [0.1, 0.15) is 39.0 Å². The number of rotatable bonds is 12. The number of nitrogens with zero attached hydrogens (tertiary/aromatic N) is 3. The Morgan fingerprint density at radius 1 is 1.17 bits per heavy atom. The van der Waals surface area contributed by atoms with Gasteiger partial charge in [0.25, 0.3) is 0 Å². The lowest BCUT2D eigenvalue weighted by atomic mass is 10.2. The summed E-state index contributed by atoms with van der Waals surface area (Å²) in [5.41, 5.74) is 12.5. The Balaban J connectivity index is 1.82. The lowest BCUT2D eigenvalue weighted by molar-refractivity contribution is -0.0520. The second-order valence-electron chi connectivity index (χ2n) is 9.30. The van der Waals surface area contributed by atoms with Crippen LogP contribution in [0.25, 0.3) is 11.0 Å². The van der Waals surface area contributed by atoms with Gasteiger partial charge in [-0.2, -0.15) is 8.62 Å². The molecule has 3 rings (SSSR count). The molecule has 2 aromatic heterocycles. The summed E-state index contributed by atoms with van der Waals surface area (Å²) in [6, 6.07) is 0. The first-order valence-corrected chi connectivity index (χ1v) is 18.4. The molecule has 1 aliphatic rings. The molecule has 5 atom stereocenters. The minimum absolute atomic E-state index is 0.0514. The number of ether oxygens (including phenoxy) is 2. The highest BCUT2D eigenvalue weighted by atomic mass is 33.1. The molecule has 41 heavy (non-hydrogen) atoms. The first-order chi connectivity index (χ1) is 18.9. The molecule has 1 aliphatic heterocycles. The summed E-state index contributed by atoms with van der Waals surface area (Å²) in [4.78, 5) is 45.1. The van der Waals surface area contributed by atoms with Gasteiger partial charge in [0.2, 0.25) is 0 Å². The van der Waals surface area contributed by atoms with E-state index < -0.39 is 48.5 Å². The number of hydrogen-bond acceptors (Lipinski definition) is 14. The Labute approximate surface area is 242 Å². The zero-order chi connectivity index (χ0) is 30.6. The van der Waals surface area contributed by atoms with E-state index in [4.69, 9.17) is 35.3 Å². The number of hydrogen-bond donors (Lipinski definition) is 6. The molecule has 1 saturated heterocycles. The molecule has 1 fully saturated rings. The minimum Gasteiger partial charge on any atom is -0.383 e. The molecule has 0 spiro atoms. The SMILES string of the molecule is CC(C)(C)SSCO[C@@H]1C[C@H](n2cc(C#CCN)c3c(N)ncnc32)O[C@@H]1COP(=O)(O)OP(=O)(O)OP(=O)(O)O. The number of phosphoric ester groups is 1. The van der Waals surface area contributed by atoms with Crippen molar-refractivity contribution in [2.24, 2.45) is 5.73 Å². The summed E-state index contributed by atoms with van der Waals surface area (Å²) in [5, 5.41) is 0.475. The maximum Gasteiger partial charge on any atom is 0.490 e. The van der Waals surface area contributed by atoms with E-state index >= 15 is 0 Å². The molecule has 0 bridgehead atoms. The highest BCUT2D eigenvalue weighted by Crippen LogP contribution is 2.66. The van der Waals surface area contributed by atoms with Crippen molar-refractivity contribution < 1.29 is 55.9 Å². The van der Waals surface area contributed by atoms with Crippen LogP contribution in [0.5, 0.6) is 0 Å². The van der Waals surface area contributed by atoms with Crippen molar-refractivity contribution in [3.8, 4) is 11.8 Å². The zero-order valence-corrected chi connectivity index (χ0v) is 26.2. The first kappa shape index (κ1) is 34.5. The third-order valence-electron chi connectivity index (χ3n) is 4.91. The summed E-state index contributed by atoms with van der Waals surface area (Å²) >= 11 is 0. The maximum atomic E-state index is 12.3. The van der Waals surface area contributed by atoms with Crippen molar-refractivity contribution in [3.63, 3.8) is 0 Å². The van der Waals surface area contributed by atoms with E-state index in [9.17, 15) is 23.5 Å². The van der Waals surface area contributed by atoms with Crippen LogP contribution in [0.2, 0.25) is 0 Å². The van der Waals surface area contributed by atoms with E-state index in [1.165, 1.54) is 17.1 Å². The van der Waals surface area contributed by atoms with E-state index in [-0.39, 0.29) is 29.5 Å². The summed E-state index contributed by atoms with van der Waals surface area (Å²) in [6.45, 7) is 5.50. The lowest BCUT2D eigenvalue weighted by Crippen LogP contribution is -2.29. The predicted octanol–water partition coefficient (Wildman–Crippen LogP) is 2.48. The number of aromatic nitrogens is 3. The fourth-order valence-corrected chi connectivity index (χ4v) is 8.59. The molecule has 22 heteroatoms. The molecule has 0 amide bonds. The van der Waals surface area contributed by atoms with Crippen molar-refractivity contribution in [1.82, 2.24) is 14.5 Å². The molecule has 0 radical (unpaired) electrons. The van der Waals surface area contributed by atoms with Gasteiger partial charge in [0.05, 0.1) is 30.2 Å². The van der Waals surface area contributed by atoms with Crippen LogP contribution in [-0.4, -0.2) is 70.2 Å². The summed E-state index contributed by atoms with van der Waals surface area (Å²) < 4.78 is 60.9. The maximum absolute atomic E-state index is 12.3. The van der Waals surface area contributed by atoms with Gasteiger partial charge in [-0.1, -0.05) is 54.2 Å². The van der Waals surface area contributed by atoms with E-state index in [0.717, 1.165) is 0 Å². The normalized spacial score (nSPS) is 22.7. The van der Waals surface area contributed by atoms with Crippen LogP contribution >= 0.6 is 45.1 Å². The molecule has 2 aromatic rings. The standard InChI is InChI=1S/C19H30N5O12P3S2/c1-19(2,3)41-40-11-32-13-7-15(24-8-12(5-4-6-20)16-17(21)22-10-23-18(16)24)34-14(13)9-33-38(28,29)36-39(30,31)35-37(25,26)27/h8,10,13-15H,6-7,9,11,20H2,1-3H3,(H,28,29)(H,30,31)(H2,21,22,23)(H2,25,26,27)/t13-,14-,15-/m1/s1. The number of phosphoric acid groups is 3. The highest BCUT2D eigenvalue weighted by molar-refractivity contribution is 8.77. The second-order valence-corrected chi connectivity index (χ2v) is 16.8. The van der Waals surface area contributed by atoms with Gasteiger partial charge in [-0.3, -0.25) is 4.52 Å². The Hall–Kier alpha value is -1.03. The smallest absolute Gasteiger partial charge is 0.383 e. The Kier molecular flexibility index (Phi) is 11.5. The van der Waals surface area contributed by atoms with Gasteiger partial charge in [0.1, 0.15) is 36.1 Å². The quantitative estimate of drug-likeness (QED) is 0.0619. The molecule has 8 N–H and O–H groups in total. The van der Waals surface area contributed by atoms with Crippen LogP contribution in [-0.2, 0) is 36.3 Å². The van der Waals surface area contributed by atoms with Gasteiger partial charge in [-0.15, -0.1) is 0 Å². The van der Waals surface area contributed by atoms with Gasteiger partial charge in [0, 0.05) is 17.4 Å². The Morgan fingerprint density at radius 2 is 1.88 bits per heavy atom. The number of nitrogen functional groups attached to an aromatic ring is 1. The third-order valence-corrected chi connectivity index (χ3v) is 11.7. The fourth-order valence-electron chi connectivity index (χ4n) is 3.55. The zero-order valence-electron chi connectivity index (χ0n) is 21.9. The third kappa shape index (κ3) is 10.6.